The molecule has 3 aromatic carbocycles. The molecule has 3 aromatic rings. The molecule has 8 heteroatoms. The third-order valence-electron chi connectivity index (χ3n) is 4.19. The minimum Gasteiger partial charge on any atom is -0.497 e. The molecule has 0 bridgehead atoms. The molecule has 0 radical (unpaired) electrons. The standard InChI is InChI=1S/C22H22N2O5S/c1-3-29-20-12-6-17(7-13-20)23-22(25)16-4-14-21(15-5-16)30(26,27)24-18-8-10-19(28-2)11-9-18/h4-15,24H,3H2,1-2H3,(H,23,25). The van der Waals surface area contributed by atoms with Crippen LogP contribution in [0.3, 0.4) is 0 Å². The SMILES string of the molecule is CCOc1ccc(NC(=O)c2ccc(S(=O)(=O)Nc3ccc(OC)cc3)cc2)cc1. The number of sulfonamides is 1. The van der Waals surface area contributed by atoms with Gasteiger partial charge in [-0.2, -0.15) is 0 Å². The molecule has 0 aliphatic heterocycles. The van der Waals surface area contributed by atoms with E-state index in [9.17, 15) is 13.2 Å². The predicted molar refractivity (Wildman–Crippen MR) is 116 cm³/mol. The highest BCUT2D eigenvalue weighted by Gasteiger charge is 2.15. The van der Waals surface area contributed by atoms with Crippen LogP contribution >= 0.6 is 0 Å². The molecule has 0 fully saturated rings. The summed E-state index contributed by atoms with van der Waals surface area (Å²) >= 11 is 0. The maximum absolute atomic E-state index is 12.6. The van der Waals surface area contributed by atoms with Gasteiger partial charge in [-0.25, -0.2) is 8.42 Å². The van der Waals surface area contributed by atoms with E-state index < -0.39 is 10.0 Å². The molecule has 0 aliphatic carbocycles. The summed E-state index contributed by atoms with van der Waals surface area (Å²) in [5.41, 5.74) is 1.36. The van der Waals surface area contributed by atoms with Crippen LogP contribution in [0.2, 0.25) is 0 Å². The lowest BCUT2D eigenvalue weighted by atomic mass is 10.2. The van der Waals surface area contributed by atoms with Gasteiger partial charge in [0.05, 0.1) is 18.6 Å². The lowest BCUT2D eigenvalue weighted by Gasteiger charge is -2.10. The highest BCUT2D eigenvalue weighted by atomic mass is 32.2. The Morgan fingerprint density at radius 2 is 1.40 bits per heavy atom. The summed E-state index contributed by atoms with van der Waals surface area (Å²) in [6.45, 7) is 2.46. The van der Waals surface area contributed by atoms with Crippen LogP contribution in [0.25, 0.3) is 0 Å². The van der Waals surface area contributed by atoms with E-state index in [1.165, 1.54) is 31.4 Å². The van der Waals surface area contributed by atoms with Crippen molar-refractivity contribution >= 4 is 27.3 Å². The van der Waals surface area contributed by atoms with Crippen LogP contribution in [-0.2, 0) is 10.0 Å². The summed E-state index contributed by atoms with van der Waals surface area (Å²) in [7, 11) is -2.25. The first kappa shape index (κ1) is 21.2. The fourth-order valence-electron chi connectivity index (χ4n) is 2.66. The third kappa shape index (κ3) is 5.30. The monoisotopic (exact) mass is 426 g/mol. The van der Waals surface area contributed by atoms with Gasteiger partial charge in [-0.1, -0.05) is 0 Å². The van der Waals surface area contributed by atoms with Crippen molar-refractivity contribution < 1.29 is 22.7 Å². The summed E-state index contributed by atoms with van der Waals surface area (Å²) in [5.74, 6) is 1.00. The molecule has 0 heterocycles. The molecule has 0 spiro atoms. The summed E-state index contributed by atoms with van der Waals surface area (Å²) < 4.78 is 38.0. The molecular formula is C22H22N2O5S. The van der Waals surface area contributed by atoms with Crippen LogP contribution in [-0.4, -0.2) is 28.0 Å². The van der Waals surface area contributed by atoms with E-state index in [4.69, 9.17) is 9.47 Å². The van der Waals surface area contributed by atoms with Crippen molar-refractivity contribution in [3.8, 4) is 11.5 Å². The molecule has 7 nitrogen and oxygen atoms in total. The molecule has 0 unspecified atom stereocenters. The largest absolute Gasteiger partial charge is 0.497 e. The Labute approximate surface area is 175 Å². The summed E-state index contributed by atoms with van der Waals surface area (Å²) in [6, 6.07) is 19.2. The Balaban J connectivity index is 1.67. The van der Waals surface area contributed by atoms with Crippen LogP contribution in [0.4, 0.5) is 11.4 Å². The zero-order valence-electron chi connectivity index (χ0n) is 16.6. The van der Waals surface area contributed by atoms with Crippen molar-refractivity contribution in [2.75, 3.05) is 23.8 Å². The van der Waals surface area contributed by atoms with Crippen LogP contribution in [0, 0.1) is 0 Å². The first-order valence-corrected chi connectivity index (χ1v) is 10.7. The first-order chi connectivity index (χ1) is 14.4. The van der Waals surface area contributed by atoms with E-state index in [-0.39, 0.29) is 10.8 Å². The molecular weight excluding hydrogens is 404 g/mol. The topological polar surface area (TPSA) is 93.7 Å². The second-order valence-electron chi connectivity index (χ2n) is 6.27. The molecule has 30 heavy (non-hydrogen) atoms. The number of amides is 1. The zero-order chi connectivity index (χ0) is 21.6. The van der Waals surface area contributed by atoms with Crippen LogP contribution in [0.5, 0.6) is 11.5 Å². The van der Waals surface area contributed by atoms with E-state index in [0.29, 0.717) is 29.3 Å². The molecule has 2 N–H and O–H groups in total. The van der Waals surface area contributed by atoms with Crippen molar-refractivity contribution in [1.29, 1.82) is 0 Å². The number of benzene rings is 3. The molecule has 3 rings (SSSR count). The number of nitrogens with one attached hydrogen (secondary N) is 2. The quantitative estimate of drug-likeness (QED) is 0.564. The normalized spacial score (nSPS) is 10.9. The van der Waals surface area contributed by atoms with Crippen molar-refractivity contribution in [3.05, 3.63) is 78.4 Å². The van der Waals surface area contributed by atoms with Gasteiger partial charge in [0.2, 0.25) is 0 Å². The van der Waals surface area contributed by atoms with Gasteiger partial charge in [0.25, 0.3) is 15.9 Å². The number of hydrogen-bond acceptors (Lipinski definition) is 5. The van der Waals surface area contributed by atoms with Gasteiger partial charge in [0.1, 0.15) is 11.5 Å². The van der Waals surface area contributed by atoms with Crippen molar-refractivity contribution in [1.82, 2.24) is 0 Å². The number of ether oxygens (including phenoxy) is 2. The smallest absolute Gasteiger partial charge is 0.261 e. The number of methoxy groups -OCH3 is 1. The average Bonchev–Trinajstić information content (AvgIpc) is 2.76. The minimum atomic E-state index is -3.78. The third-order valence-corrected chi connectivity index (χ3v) is 5.59. The molecule has 0 aliphatic rings. The second-order valence-corrected chi connectivity index (χ2v) is 7.95. The Hall–Kier alpha value is -3.52. The predicted octanol–water partition coefficient (Wildman–Crippen LogP) is 4.15. The van der Waals surface area contributed by atoms with Gasteiger partial charge in [-0.05, 0) is 79.7 Å². The lowest BCUT2D eigenvalue weighted by Crippen LogP contribution is -2.14. The Morgan fingerprint density at radius 3 is 1.97 bits per heavy atom. The Kier molecular flexibility index (Phi) is 6.58. The van der Waals surface area contributed by atoms with Crippen molar-refractivity contribution in [2.45, 2.75) is 11.8 Å². The first-order valence-electron chi connectivity index (χ1n) is 9.22. The Morgan fingerprint density at radius 1 is 0.833 bits per heavy atom. The fraction of sp³-hybridized carbons (Fsp3) is 0.136. The number of rotatable bonds is 8. The molecule has 0 aromatic heterocycles. The number of hydrogen-bond donors (Lipinski definition) is 2. The van der Waals surface area contributed by atoms with Crippen molar-refractivity contribution in [2.24, 2.45) is 0 Å². The Bertz CT molecular complexity index is 1090. The van der Waals surface area contributed by atoms with Gasteiger partial charge in [-0.3, -0.25) is 9.52 Å². The van der Waals surface area contributed by atoms with E-state index in [0.717, 1.165) is 5.75 Å². The van der Waals surface area contributed by atoms with Crippen molar-refractivity contribution in [3.63, 3.8) is 0 Å². The van der Waals surface area contributed by atoms with E-state index in [1.807, 2.05) is 6.92 Å². The second kappa shape index (κ2) is 9.32. The van der Waals surface area contributed by atoms with Crippen LogP contribution in [0.15, 0.2) is 77.7 Å². The molecule has 0 atom stereocenters. The number of anilines is 2. The van der Waals surface area contributed by atoms with E-state index in [1.54, 1.807) is 48.5 Å². The highest BCUT2D eigenvalue weighted by Crippen LogP contribution is 2.20. The molecule has 0 saturated carbocycles. The lowest BCUT2D eigenvalue weighted by molar-refractivity contribution is 0.102. The molecule has 156 valence electrons. The molecule has 1 amide bonds. The van der Waals surface area contributed by atoms with Gasteiger partial charge in [0, 0.05) is 16.9 Å². The fourth-order valence-corrected chi connectivity index (χ4v) is 3.72. The maximum atomic E-state index is 12.6. The average molecular weight is 426 g/mol. The number of carbonyl (C=O) groups excluding carboxylic acids is 1. The minimum absolute atomic E-state index is 0.0518. The van der Waals surface area contributed by atoms with Gasteiger partial charge in [0.15, 0.2) is 0 Å². The van der Waals surface area contributed by atoms with Gasteiger partial charge < -0.3 is 14.8 Å². The highest BCUT2D eigenvalue weighted by molar-refractivity contribution is 7.92. The maximum Gasteiger partial charge on any atom is 0.261 e. The molecule has 0 saturated heterocycles. The zero-order valence-corrected chi connectivity index (χ0v) is 17.4. The summed E-state index contributed by atoms with van der Waals surface area (Å²) in [4.78, 5) is 12.5. The van der Waals surface area contributed by atoms with E-state index in [2.05, 4.69) is 10.0 Å². The van der Waals surface area contributed by atoms with Gasteiger partial charge in [-0.15, -0.1) is 0 Å². The number of carbonyl (C=O) groups is 1. The van der Waals surface area contributed by atoms with E-state index >= 15 is 0 Å². The summed E-state index contributed by atoms with van der Waals surface area (Å²) in [6.07, 6.45) is 0. The van der Waals surface area contributed by atoms with Gasteiger partial charge >= 0.3 is 0 Å². The summed E-state index contributed by atoms with van der Waals surface area (Å²) in [5, 5.41) is 2.76. The van der Waals surface area contributed by atoms with Crippen LogP contribution in [0.1, 0.15) is 17.3 Å². The van der Waals surface area contributed by atoms with Crippen LogP contribution < -0.4 is 19.5 Å².